The van der Waals surface area contributed by atoms with E-state index in [1.165, 1.54) is 12.3 Å². The molecule has 0 aliphatic heterocycles. The number of aliphatic hydroxyl groups excluding tert-OH is 2. The topological polar surface area (TPSA) is 107 Å². The molecule has 0 radical (unpaired) electrons. The van der Waals surface area contributed by atoms with Gasteiger partial charge < -0.3 is 20.8 Å². The van der Waals surface area contributed by atoms with E-state index in [4.69, 9.17) is 0 Å². The number of nitrogens with zero attached hydrogens (tertiary/aromatic N) is 2. The zero-order valence-electron chi connectivity index (χ0n) is 14.6. The van der Waals surface area contributed by atoms with Crippen LogP contribution in [0.4, 0.5) is 15.8 Å². The van der Waals surface area contributed by atoms with Crippen molar-refractivity contribution in [2.75, 3.05) is 5.32 Å². The maximum atomic E-state index is 14.1. The van der Waals surface area contributed by atoms with E-state index in [1.807, 2.05) is 22.6 Å². The van der Waals surface area contributed by atoms with E-state index in [9.17, 15) is 19.4 Å². The first-order valence-corrected chi connectivity index (χ1v) is 9.65. The van der Waals surface area contributed by atoms with Gasteiger partial charge >= 0.3 is 0 Å². The zero-order chi connectivity index (χ0) is 19.6. The van der Waals surface area contributed by atoms with Crippen molar-refractivity contribution in [3.63, 3.8) is 0 Å². The van der Waals surface area contributed by atoms with Gasteiger partial charge in [0.05, 0.1) is 35.8 Å². The molecule has 0 saturated heterocycles. The Morgan fingerprint density at radius 3 is 2.81 bits per heavy atom. The predicted molar refractivity (Wildman–Crippen MR) is 106 cm³/mol. The molecule has 1 aromatic carbocycles. The normalized spacial score (nSPS) is 22.3. The molecule has 1 saturated carbocycles. The van der Waals surface area contributed by atoms with Crippen LogP contribution in [-0.4, -0.2) is 44.3 Å². The van der Waals surface area contributed by atoms with Crippen LogP contribution in [0.3, 0.4) is 0 Å². The lowest BCUT2D eigenvalue weighted by atomic mass is 9.90. The van der Waals surface area contributed by atoms with Crippen molar-refractivity contribution in [3.05, 3.63) is 45.3 Å². The lowest BCUT2D eigenvalue weighted by molar-refractivity contribution is -0.0278. The molecule has 144 valence electrons. The number of hydrogen-bond acceptors (Lipinski definition) is 6. The van der Waals surface area contributed by atoms with Crippen LogP contribution in [-0.2, 0) is 0 Å². The van der Waals surface area contributed by atoms with Crippen molar-refractivity contribution < 1.29 is 19.4 Å². The second kappa shape index (κ2) is 8.44. The molecule has 1 fully saturated rings. The van der Waals surface area contributed by atoms with Gasteiger partial charge in [0.25, 0.3) is 5.91 Å². The van der Waals surface area contributed by atoms with Gasteiger partial charge in [0.2, 0.25) is 0 Å². The molecule has 0 bridgehead atoms. The molecule has 0 unspecified atom stereocenters. The first-order chi connectivity index (χ1) is 12.8. The third kappa shape index (κ3) is 4.71. The number of benzene rings is 1. The summed E-state index contributed by atoms with van der Waals surface area (Å²) in [5, 5.41) is 25.5. The van der Waals surface area contributed by atoms with E-state index in [0.29, 0.717) is 25.1 Å². The molecule has 4 N–H and O–H groups in total. The Morgan fingerprint density at radius 1 is 1.30 bits per heavy atom. The highest BCUT2D eigenvalue weighted by Gasteiger charge is 2.32. The summed E-state index contributed by atoms with van der Waals surface area (Å²) >= 11 is 2.01. The molecule has 1 aliphatic rings. The van der Waals surface area contributed by atoms with Gasteiger partial charge in [-0.3, -0.25) is 4.79 Å². The number of halogens is 2. The molecule has 1 aromatic heterocycles. The highest BCUT2D eigenvalue weighted by atomic mass is 127. The summed E-state index contributed by atoms with van der Waals surface area (Å²) in [5.74, 6) is -0.593. The summed E-state index contributed by atoms with van der Waals surface area (Å²) in [6.07, 6.45) is 1.28. The van der Waals surface area contributed by atoms with Crippen molar-refractivity contribution >= 4 is 39.9 Å². The smallest absolute Gasteiger partial charge is 0.272 e. The van der Waals surface area contributed by atoms with Crippen LogP contribution >= 0.6 is 22.6 Å². The number of anilines is 2. The van der Waals surface area contributed by atoms with Gasteiger partial charge in [0, 0.05) is 3.57 Å². The van der Waals surface area contributed by atoms with Crippen molar-refractivity contribution in [1.29, 1.82) is 0 Å². The first kappa shape index (κ1) is 19.9. The van der Waals surface area contributed by atoms with E-state index < -0.39 is 30.0 Å². The fraction of sp³-hybridized carbons (Fsp3) is 0.389. The van der Waals surface area contributed by atoms with Crippen LogP contribution < -0.4 is 10.6 Å². The molecule has 1 amide bonds. The van der Waals surface area contributed by atoms with E-state index in [-0.39, 0.29) is 17.1 Å². The summed E-state index contributed by atoms with van der Waals surface area (Å²) in [4.78, 5) is 21.0. The Bertz CT molecular complexity index is 851. The number of rotatable bonds is 4. The van der Waals surface area contributed by atoms with E-state index in [0.717, 1.165) is 3.57 Å². The van der Waals surface area contributed by atoms with Gasteiger partial charge in [-0.05, 0) is 67.0 Å². The predicted octanol–water partition coefficient (Wildman–Crippen LogP) is 2.28. The minimum absolute atomic E-state index is 0.0488. The molecule has 7 nitrogen and oxygen atoms in total. The van der Waals surface area contributed by atoms with Crippen LogP contribution in [0, 0.1) is 16.3 Å². The van der Waals surface area contributed by atoms with Crippen molar-refractivity contribution in [1.82, 2.24) is 15.3 Å². The second-order valence-corrected chi connectivity index (χ2v) is 7.74. The molecule has 0 spiro atoms. The van der Waals surface area contributed by atoms with Gasteiger partial charge in [-0.1, -0.05) is 0 Å². The molecule has 1 heterocycles. The monoisotopic (exact) mass is 486 g/mol. The highest BCUT2D eigenvalue weighted by Crippen LogP contribution is 2.24. The molecule has 27 heavy (non-hydrogen) atoms. The second-order valence-electron chi connectivity index (χ2n) is 6.50. The Morgan fingerprint density at radius 2 is 2.07 bits per heavy atom. The van der Waals surface area contributed by atoms with E-state index in [2.05, 4.69) is 20.6 Å². The minimum Gasteiger partial charge on any atom is -0.390 e. The van der Waals surface area contributed by atoms with Gasteiger partial charge in [-0.15, -0.1) is 0 Å². The minimum atomic E-state index is -1.03. The maximum absolute atomic E-state index is 14.1. The average molecular weight is 486 g/mol. The molecular formula is C18H20FIN4O3. The van der Waals surface area contributed by atoms with Gasteiger partial charge in [-0.25, -0.2) is 14.4 Å². The number of nitrogens with one attached hydrogen (secondary N) is 2. The third-order valence-corrected chi connectivity index (χ3v) is 5.13. The fourth-order valence-electron chi connectivity index (χ4n) is 3.02. The summed E-state index contributed by atoms with van der Waals surface area (Å²) in [5.41, 5.74) is 0.502. The number of carbonyl (C=O) groups excluding carboxylic acids is 1. The van der Waals surface area contributed by atoms with Crippen LogP contribution in [0.5, 0.6) is 0 Å². The molecule has 2 aromatic rings. The summed E-state index contributed by atoms with van der Waals surface area (Å²) in [6, 6.07) is 4.11. The molecular weight excluding hydrogens is 466 g/mol. The SMILES string of the molecule is Cc1ncc(Nc2ccc(I)cc2F)c(C(=O)N[C@@H]2CCC[C@@H](O)[C@H]2O)n1. The van der Waals surface area contributed by atoms with E-state index in [1.54, 1.807) is 19.1 Å². The fourth-order valence-corrected chi connectivity index (χ4v) is 3.47. The first-order valence-electron chi connectivity index (χ1n) is 8.58. The Balaban J connectivity index is 1.84. The average Bonchev–Trinajstić information content (AvgIpc) is 2.62. The summed E-state index contributed by atoms with van der Waals surface area (Å²) in [6.45, 7) is 1.64. The van der Waals surface area contributed by atoms with Crippen molar-refractivity contribution in [3.8, 4) is 0 Å². The highest BCUT2D eigenvalue weighted by molar-refractivity contribution is 14.1. The summed E-state index contributed by atoms with van der Waals surface area (Å²) in [7, 11) is 0. The van der Waals surface area contributed by atoms with Crippen LogP contribution in [0.25, 0.3) is 0 Å². The lowest BCUT2D eigenvalue weighted by Crippen LogP contribution is -2.51. The van der Waals surface area contributed by atoms with Gasteiger partial charge in [-0.2, -0.15) is 0 Å². The quantitative estimate of drug-likeness (QED) is 0.495. The third-order valence-electron chi connectivity index (χ3n) is 4.46. The van der Waals surface area contributed by atoms with E-state index >= 15 is 0 Å². The molecule has 9 heteroatoms. The number of aliphatic hydroxyl groups is 2. The van der Waals surface area contributed by atoms with Gasteiger partial charge in [0.1, 0.15) is 11.6 Å². The molecule has 3 atom stereocenters. The maximum Gasteiger partial charge on any atom is 0.272 e. The Labute approximate surface area is 169 Å². The lowest BCUT2D eigenvalue weighted by Gasteiger charge is -2.32. The number of aromatic nitrogens is 2. The zero-order valence-corrected chi connectivity index (χ0v) is 16.8. The molecule has 1 aliphatic carbocycles. The number of aryl methyl sites for hydroxylation is 1. The van der Waals surface area contributed by atoms with Crippen molar-refractivity contribution in [2.45, 2.75) is 44.4 Å². The van der Waals surface area contributed by atoms with Crippen LogP contribution in [0.15, 0.2) is 24.4 Å². The summed E-state index contributed by atoms with van der Waals surface area (Å²) < 4.78 is 14.9. The Hall–Kier alpha value is -1.85. The Kier molecular flexibility index (Phi) is 6.22. The van der Waals surface area contributed by atoms with Gasteiger partial charge in [0.15, 0.2) is 5.69 Å². The molecule has 3 rings (SSSR count). The number of hydrogen-bond donors (Lipinski definition) is 4. The van der Waals surface area contributed by atoms with Crippen LogP contribution in [0.1, 0.15) is 35.6 Å². The van der Waals surface area contributed by atoms with Crippen molar-refractivity contribution in [2.24, 2.45) is 0 Å². The number of amides is 1. The number of carbonyl (C=O) groups is 1. The van der Waals surface area contributed by atoms with Crippen LogP contribution in [0.2, 0.25) is 0 Å². The largest absolute Gasteiger partial charge is 0.390 e. The standard InChI is InChI=1S/C18H20FIN4O3/c1-9-21-8-14(23-12-6-5-10(20)7-11(12)19)16(22-9)18(27)24-13-3-2-4-15(25)17(13)26/h5-8,13,15,17,23,25-26H,2-4H2,1H3,(H,24,27)/t13-,15-,17+/m1/s1.